The molecule has 0 unspecified atom stereocenters. The van der Waals surface area contributed by atoms with Crippen LogP contribution in [0.15, 0.2) is 42.5 Å². The summed E-state index contributed by atoms with van der Waals surface area (Å²) in [7, 11) is 4.07. The lowest BCUT2D eigenvalue weighted by Crippen LogP contribution is -2.06. The summed E-state index contributed by atoms with van der Waals surface area (Å²) < 4.78 is 2.19. The molecule has 0 saturated heterocycles. The normalized spacial score (nSPS) is 11.2. The summed E-state index contributed by atoms with van der Waals surface area (Å²) in [5.41, 5.74) is 6.25. The van der Waals surface area contributed by atoms with E-state index in [4.69, 9.17) is 4.98 Å². The third kappa shape index (κ3) is 2.69. The Kier molecular flexibility index (Phi) is 3.76. The second kappa shape index (κ2) is 5.70. The van der Waals surface area contributed by atoms with Gasteiger partial charge in [0, 0.05) is 20.0 Å². The van der Waals surface area contributed by atoms with Crippen LogP contribution in [0.3, 0.4) is 0 Å². The first-order valence-electron chi connectivity index (χ1n) is 7.32. The number of aryl methyl sites for hydroxylation is 2. The summed E-state index contributed by atoms with van der Waals surface area (Å²) >= 11 is 0. The van der Waals surface area contributed by atoms with Gasteiger partial charge in [0.15, 0.2) is 0 Å². The molecule has 108 valence electrons. The number of aromatic nitrogens is 2. The molecule has 1 heterocycles. The van der Waals surface area contributed by atoms with Gasteiger partial charge < -0.3 is 9.88 Å². The number of nitrogens with one attached hydrogen (secondary N) is 1. The average molecular weight is 279 g/mol. The first-order chi connectivity index (χ1) is 10.2. The Morgan fingerprint density at radius 3 is 2.71 bits per heavy atom. The second-order valence-electron chi connectivity index (χ2n) is 5.54. The van der Waals surface area contributed by atoms with Crippen molar-refractivity contribution in [1.82, 2.24) is 14.9 Å². The molecule has 1 aromatic heterocycles. The first kappa shape index (κ1) is 13.8. The fourth-order valence-corrected chi connectivity index (χ4v) is 2.75. The zero-order valence-corrected chi connectivity index (χ0v) is 12.9. The zero-order chi connectivity index (χ0) is 14.8. The van der Waals surface area contributed by atoms with Crippen LogP contribution in [-0.2, 0) is 20.0 Å². The summed E-state index contributed by atoms with van der Waals surface area (Å²) in [6.07, 6.45) is 0.870. The van der Waals surface area contributed by atoms with E-state index in [0.29, 0.717) is 0 Å². The molecule has 0 aliphatic rings. The maximum absolute atomic E-state index is 4.77. The minimum absolute atomic E-state index is 0.870. The minimum Gasteiger partial charge on any atom is -0.331 e. The van der Waals surface area contributed by atoms with Crippen LogP contribution >= 0.6 is 0 Å². The van der Waals surface area contributed by atoms with Gasteiger partial charge in [-0.1, -0.05) is 30.3 Å². The van der Waals surface area contributed by atoms with Crippen LogP contribution in [0, 0.1) is 6.92 Å². The van der Waals surface area contributed by atoms with Gasteiger partial charge in [-0.15, -0.1) is 0 Å². The Balaban J connectivity index is 1.98. The summed E-state index contributed by atoms with van der Waals surface area (Å²) in [4.78, 5) is 4.77. The van der Waals surface area contributed by atoms with Crippen molar-refractivity contribution in [3.8, 4) is 0 Å². The van der Waals surface area contributed by atoms with Crippen LogP contribution in [0.2, 0.25) is 0 Å². The Morgan fingerprint density at radius 1 is 1.14 bits per heavy atom. The van der Waals surface area contributed by atoms with E-state index in [1.165, 1.54) is 22.2 Å². The SMILES string of the molecule is CNCc1ccc(C)c(Cc2nc3ccccc3n2C)c1. The molecule has 0 amide bonds. The molecule has 3 rings (SSSR count). The van der Waals surface area contributed by atoms with Crippen LogP contribution in [0.1, 0.15) is 22.5 Å². The third-order valence-electron chi connectivity index (χ3n) is 4.02. The Hall–Kier alpha value is -2.13. The fraction of sp³-hybridized carbons (Fsp3) is 0.278. The van der Waals surface area contributed by atoms with Crippen molar-refractivity contribution in [2.75, 3.05) is 7.05 Å². The van der Waals surface area contributed by atoms with Gasteiger partial charge >= 0.3 is 0 Å². The number of nitrogens with zero attached hydrogens (tertiary/aromatic N) is 2. The van der Waals surface area contributed by atoms with Crippen LogP contribution in [0.25, 0.3) is 11.0 Å². The Labute approximate surface area is 125 Å². The number of hydrogen-bond donors (Lipinski definition) is 1. The van der Waals surface area contributed by atoms with E-state index >= 15 is 0 Å². The molecule has 3 nitrogen and oxygen atoms in total. The van der Waals surface area contributed by atoms with Crippen molar-refractivity contribution in [3.63, 3.8) is 0 Å². The highest BCUT2D eigenvalue weighted by molar-refractivity contribution is 5.75. The van der Waals surface area contributed by atoms with Gasteiger partial charge in [0.2, 0.25) is 0 Å². The molecule has 3 aromatic rings. The van der Waals surface area contributed by atoms with Crippen molar-refractivity contribution in [1.29, 1.82) is 0 Å². The second-order valence-corrected chi connectivity index (χ2v) is 5.54. The van der Waals surface area contributed by atoms with Gasteiger partial charge in [0.1, 0.15) is 5.82 Å². The molecular formula is C18H21N3. The van der Waals surface area contributed by atoms with Crippen LogP contribution in [0.4, 0.5) is 0 Å². The van der Waals surface area contributed by atoms with Crippen molar-refractivity contribution in [2.24, 2.45) is 7.05 Å². The standard InChI is InChI=1S/C18H21N3/c1-13-8-9-14(12-19-2)10-15(13)11-18-20-16-6-4-5-7-17(16)21(18)3/h4-10,19H,11-12H2,1-3H3. The van der Waals surface area contributed by atoms with Gasteiger partial charge in [0.25, 0.3) is 0 Å². The van der Waals surface area contributed by atoms with Crippen LogP contribution < -0.4 is 5.32 Å². The molecule has 0 aliphatic carbocycles. The summed E-state index contributed by atoms with van der Waals surface area (Å²) in [5, 5.41) is 3.21. The van der Waals surface area contributed by atoms with E-state index in [-0.39, 0.29) is 0 Å². The van der Waals surface area contributed by atoms with Gasteiger partial charge in [0.05, 0.1) is 11.0 Å². The minimum atomic E-state index is 0.870. The van der Waals surface area contributed by atoms with Crippen molar-refractivity contribution in [2.45, 2.75) is 19.9 Å². The van der Waals surface area contributed by atoms with Gasteiger partial charge in [-0.05, 0) is 42.8 Å². The monoisotopic (exact) mass is 279 g/mol. The van der Waals surface area contributed by atoms with E-state index in [0.717, 1.165) is 24.3 Å². The quantitative estimate of drug-likeness (QED) is 0.795. The molecule has 21 heavy (non-hydrogen) atoms. The van der Waals surface area contributed by atoms with Crippen molar-refractivity contribution >= 4 is 11.0 Å². The number of hydrogen-bond acceptors (Lipinski definition) is 2. The Morgan fingerprint density at radius 2 is 1.95 bits per heavy atom. The predicted octanol–water partition coefficient (Wildman–Crippen LogP) is 3.19. The number of fused-ring (bicyclic) bond motifs is 1. The van der Waals surface area contributed by atoms with Gasteiger partial charge in [-0.3, -0.25) is 0 Å². The van der Waals surface area contributed by atoms with E-state index in [9.17, 15) is 0 Å². The maximum Gasteiger partial charge on any atom is 0.114 e. The molecule has 0 radical (unpaired) electrons. The lowest BCUT2D eigenvalue weighted by molar-refractivity contribution is 0.810. The molecular weight excluding hydrogens is 258 g/mol. The average Bonchev–Trinajstić information content (AvgIpc) is 2.80. The van der Waals surface area contributed by atoms with E-state index in [2.05, 4.69) is 60.3 Å². The number of para-hydroxylation sites is 2. The topological polar surface area (TPSA) is 29.9 Å². The molecule has 0 fully saturated rings. The highest BCUT2D eigenvalue weighted by atomic mass is 15.1. The van der Waals surface area contributed by atoms with Gasteiger partial charge in [-0.2, -0.15) is 0 Å². The summed E-state index contributed by atoms with van der Waals surface area (Å²) in [5.74, 6) is 1.11. The fourth-order valence-electron chi connectivity index (χ4n) is 2.75. The summed E-state index contributed by atoms with van der Waals surface area (Å²) in [6, 6.07) is 15.0. The number of imidazole rings is 1. The number of benzene rings is 2. The lowest BCUT2D eigenvalue weighted by atomic mass is 10.0. The molecule has 0 aliphatic heterocycles. The van der Waals surface area contributed by atoms with Crippen LogP contribution in [0.5, 0.6) is 0 Å². The highest BCUT2D eigenvalue weighted by Gasteiger charge is 2.09. The number of rotatable bonds is 4. The van der Waals surface area contributed by atoms with Crippen molar-refractivity contribution in [3.05, 3.63) is 65.0 Å². The summed E-state index contributed by atoms with van der Waals surface area (Å²) in [6.45, 7) is 3.07. The van der Waals surface area contributed by atoms with E-state index in [1.807, 2.05) is 13.1 Å². The molecule has 2 aromatic carbocycles. The smallest absolute Gasteiger partial charge is 0.114 e. The van der Waals surface area contributed by atoms with Crippen molar-refractivity contribution < 1.29 is 0 Å². The largest absolute Gasteiger partial charge is 0.331 e. The van der Waals surface area contributed by atoms with Crippen LogP contribution in [-0.4, -0.2) is 16.6 Å². The Bertz CT molecular complexity index is 771. The molecule has 1 N–H and O–H groups in total. The van der Waals surface area contributed by atoms with Gasteiger partial charge in [-0.25, -0.2) is 4.98 Å². The first-order valence-corrected chi connectivity index (χ1v) is 7.32. The molecule has 0 bridgehead atoms. The molecule has 0 spiro atoms. The van der Waals surface area contributed by atoms with E-state index < -0.39 is 0 Å². The predicted molar refractivity (Wildman–Crippen MR) is 87.5 cm³/mol. The lowest BCUT2D eigenvalue weighted by Gasteiger charge is -2.09. The molecule has 3 heteroatoms. The third-order valence-corrected chi connectivity index (χ3v) is 4.02. The zero-order valence-electron chi connectivity index (χ0n) is 12.9. The molecule has 0 atom stereocenters. The van der Waals surface area contributed by atoms with E-state index in [1.54, 1.807) is 0 Å². The molecule has 0 saturated carbocycles. The maximum atomic E-state index is 4.77. The highest BCUT2D eigenvalue weighted by Crippen LogP contribution is 2.19.